The lowest BCUT2D eigenvalue weighted by Crippen LogP contribution is -2.34. The quantitative estimate of drug-likeness (QED) is 0.374. The molecule has 176 valence electrons. The molecule has 0 saturated carbocycles. The lowest BCUT2D eigenvalue weighted by Gasteiger charge is -2.25. The third-order valence-electron chi connectivity index (χ3n) is 5.51. The maximum absolute atomic E-state index is 10.6. The number of hydrogen-bond donors (Lipinski definition) is 1. The van der Waals surface area contributed by atoms with Gasteiger partial charge in [0.25, 0.3) is 0 Å². The summed E-state index contributed by atoms with van der Waals surface area (Å²) in [7, 11) is 3.59. The van der Waals surface area contributed by atoms with Crippen molar-refractivity contribution in [2.24, 2.45) is 7.05 Å². The summed E-state index contributed by atoms with van der Waals surface area (Å²) in [5.74, 6) is 1.47. The number of hydrogen-bond acceptors (Lipinski definition) is 5. The molecule has 3 rings (SSSR count). The van der Waals surface area contributed by atoms with Gasteiger partial charge in [0, 0.05) is 39.4 Å². The molecule has 6 nitrogen and oxygen atoms in total. The molecule has 3 aromatic rings. The van der Waals surface area contributed by atoms with Gasteiger partial charge in [-0.25, -0.2) is 4.68 Å². The number of ether oxygens (including phenoxy) is 2. The van der Waals surface area contributed by atoms with E-state index >= 15 is 0 Å². The van der Waals surface area contributed by atoms with E-state index in [9.17, 15) is 5.11 Å². The van der Waals surface area contributed by atoms with Crippen LogP contribution in [0, 0.1) is 6.92 Å². The molecule has 0 saturated heterocycles. The standard InChI is InChI=1S/C27H35N3O3/c1-5-6-14-23(31)19-30(16-17-32-4)20-25-26(22-12-8-7-9-13-22)28-29(3)27(25)33-24-15-10-11-21(2)18-24/h5,7-13,15,18,23,31H,1,6,14,16-17,19-20H2,2-4H3/t23-/m0/s1. The summed E-state index contributed by atoms with van der Waals surface area (Å²) < 4.78 is 13.5. The van der Waals surface area contributed by atoms with E-state index in [0.29, 0.717) is 38.5 Å². The van der Waals surface area contributed by atoms with Crippen LogP contribution >= 0.6 is 0 Å². The molecule has 0 unspecified atom stereocenters. The number of aryl methyl sites for hydroxylation is 2. The Balaban J connectivity index is 1.97. The van der Waals surface area contributed by atoms with Gasteiger partial charge < -0.3 is 14.6 Å². The SMILES string of the molecule is C=CCC[C@H](O)CN(CCOC)Cc1c(-c2ccccc2)nn(C)c1Oc1cccc(C)c1. The van der Waals surface area contributed by atoms with Crippen LogP contribution < -0.4 is 4.74 Å². The Morgan fingerprint density at radius 1 is 1.18 bits per heavy atom. The lowest BCUT2D eigenvalue weighted by molar-refractivity contribution is 0.0806. The highest BCUT2D eigenvalue weighted by atomic mass is 16.5. The Kier molecular flexibility index (Phi) is 9.24. The Labute approximate surface area is 197 Å². The van der Waals surface area contributed by atoms with E-state index in [4.69, 9.17) is 14.6 Å². The number of allylic oxidation sites excluding steroid dienone is 1. The van der Waals surface area contributed by atoms with Gasteiger partial charge in [0.15, 0.2) is 0 Å². The molecule has 6 heteroatoms. The molecule has 0 bridgehead atoms. The second-order valence-corrected chi connectivity index (χ2v) is 8.29. The van der Waals surface area contributed by atoms with Crippen molar-refractivity contribution < 1.29 is 14.6 Å². The summed E-state index contributed by atoms with van der Waals surface area (Å²) in [6.07, 6.45) is 2.85. The number of methoxy groups -OCH3 is 1. The highest BCUT2D eigenvalue weighted by Gasteiger charge is 2.23. The van der Waals surface area contributed by atoms with E-state index < -0.39 is 6.10 Å². The summed E-state index contributed by atoms with van der Waals surface area (Å²) in [5.41, 5.74) is 4.02. The van der Waals surface area contributed by atoms with Gasteiger partial charge in [0.05, 0.1) is 18.3 Å². The van der Waals surface area contributed by atoms with Crippen LogP contribution in [0.25, 0.3) is 11.3 Å². The topological polar surface area (TPSA) is 59.8 Å². The van der Waals surface area contributed by atoms with Gasteiger partial charge in [-0.1, -0.05) is 48.5 Å². The van der Waals surface area contributed by atoms with Crippen LogP contribution in [-0.4, -0.2) is 52.7 Å². The molecule has 0 spiro atoms. The van der Waals surface area contributed by atoms with Crippen LogP contribution in [0.5, 0.6) is 11.6 Å². The summed E-state index contributed by atoms with van der Waals surface area (Å²) in [5, 5.41) is 15.4. The van der Waals surface area contributed by atoms with Gasteiger partial charge in [0.2, 0.25) is 5.88 Å². The van der Waals surface area contributed by atoms with Crippen molar-refractivity contribution in [2.45, 2.75) is 32.4 Å². The van der Waals surface area contributed by atoms with Crippen molar-refractivity contribution in [3.8, 4) is 22.9 Å². The number of aliphatic hydroxyl groups excluding tert-OH is 1. The van der Waals surface area contributed by atoms with Crippen LogP contribution in [0.15, 0.2) is 67.3 Å². The summed E-state index contributed by atoms with van der Waals surface area (Å²) in [4.78, 5) is 2.20. The second-order valence-electron chi connectivity index (χ2n) is 8.29. The molecule has 1 aromatic heterocycles. The molecule has 0 aliphatic rings. The zero-order valence-electron chi connectivity index (χ0n) is 19.9. The third-order valence-corrected chi connectivity index (χ3v) is 5.51. The summed E-state index contributed by atoms with van der Waals surface area (Å²) in [6, 6.07) is 18.1. The fourth-order valence-electron chi connectivity index (χ4n) is 3.82. The molecular formula is C27H35N3O3. The Morgan fingerprint density at radius 2 is 1.97 bits per heavy atom. The first-order valence-corrected chi connectivity index (χ1v) is 11.4. The second kappa shape index (κ2) is 12.3. The highest BCUT2D eigenvalue weighted by Crippen LogP contribution is 2.34. The van der Waals surface area contributed by atoms with Crippen molar-refractivity contribution in [1.29, 1.82) is 0 Å². The zero-order valence-corrected chi connectivity index (χ0v) is 19.9. The number of aliphatic hydroxyl groups is 1. The predicted molar refractivity (Wildman–Crippen MR) is 132 cm³/mol. The Morgan fingerprint density at radius 3 is 2.67 bits per heavy atom. The van der Waals surface area contributed by atoms with E-state index in [1.165, 1.54) is 0 Å². The van der Waals surface area contributed by atoms with Crippen LogP contribution in [0.3, 0.4) is 0 Å². The maximum atomic E-state index is 10.6. The average Bonchev–Trinajstić information content (AvgIpc) is 3.11. The van der Waals surface area contributed by atoms with Crippen LogP contribution in [0.2, 0.25) is 0 Å². The largest absolute Gasteiger partial charge is 0.439 e. The first-order chi connectivity index (χ1) is 16.0. The molecular weight excluding hydrogens is 414 g/mol. The average molecular weight is 450 g/mol. The van der Waals surface area contributed by atoms with E-state index in [1.807, 2.05) is 62.5 Å². The Hall–Kier alpha value is -2.93. The molecule has 0 aliphatic heterocycles. The van der Waals surface area contributed by atoms with Crippen molar-refractivity contribution in [3.05, 3.63) is 78.4 Å². The lowest BCUT2D eigenvalue weighted by atomic mass is 10.1. The van der Waals surface area contributed by atoms with Gasteiger partial charge in [-0.05, 0) is 37.5 Å². The van der Waals surface area contributed by atoms with Crippen LogP contribution in [-0.2, 0) is 18.3 Å². The number of aromatic nitrogens is 2. The monoisotopic (exact) mass is 449 g/mol. The summed E-state index contributed by atoms with van der Waals surface area (Å²) in [6.45, 7) is 8.18. The molecule has 1 atom stereocenters. The molecule has 33 heavy (non-hydrogen) atoms. The van der Waals surface area contributed by atoms with Crippen molar-refractivity contribution in [3.63, 3.8) is 0 Å². The minimum Gasteiger partial charge on any atom is -0.439 e. The highest BCUT2D eigenvalue weighted by molar-refractivity contribution is 5.65. The minimum absolute atomic E-state index is 0.446. The van der Waals surface area contributed by atoms with E-state index in [0.717, 1.165) is 34.6 Å². The summed E-state index contributed by atoms with van der Waals surface area (Å²) >= 11 is 0. The fraction of sp³-hybridized carbons (Fsp3) is 0.370. The Bertz CT molecular complexity index is 1020. The maximum Gasteiger partial charge on any atom is 0.222 e. The first-order valence-electron chi connectivity index (χ1n) is 11.4. The van der Waals surface area contributed by atoms with Gasteiger partial charge in [0.1, 0.15) is 11.4 Å². The van der Waals surface area contributed by atoms with Crippen molar-refractivity contribution >= 4 is 0 Å². The van der Waals surface area contributed by atoms with E-state index in [2.05, 4.69) is 23.6 Å². The van der Waals surface area contributed by atoms with Crippen LogP contribution in [0.4, 0.5) is 0 Å². The van der Waals surface area contributed by atoms with Crippen LogP contribution in [0.1, 0.15) is 24.0 Å². The smallest absolute Gasteiger partial charge is 0.222 e. The predicted octanol–water partition coefficient (Wildman–Crippen LogP) is 4.96. The molecule has 0 fully saturated rings. The normalized spacial score (nSPS) is 12.2. The van der Waals surface area contributed by atoms with Gasteiger partial charge in [-0.2, -0.15) is 5.10 Å². The molecule has 0 aliphatic carbocycles. The molecule has 0 amide bonds. The van der Waals surface area contributed by atoms with Crippen molar-refractivity contribution in [2.75, 3.05) is 26.8 Å². The third kappa shape index (κ3) is 7.02. The number of nitrogens with zero attached hydrogens (tertiary/aromatic N) is 3. The van der Waals surface area contributed by atoms with Gasteiger partial charge >= 0.3 is 0 Å². The molecule has 1 heterocycles. The zero-order chi connectivity index (χ0) is 23.6. The molecule has 2 aromatic carbocycles. The van der Waals surface area contributed by atoms with E-state index in [1.54, 1.807) is 11.8 Å². The molecule has 1 N–H and O–H groups in total. The fourth-order valence-corrected chi connectivity index (χ4v) is 3.82. The van der Waals surface area contributed by atoms with Gasteiger partial charge in [-0.15, -0.1) is 6.58 Å². The first kappa shape index (κ1) is 24.7. The van der Waals surface area contributed by atoms with E-state index in [-0.39, 0.29) is 0 Å². The number of rotatable bonds is 13. The number of benzene rings is 2. The van der Waals surface area contributed by atoms with Gasteiger partial charge in [-0.3, -0.25) is 4.90 Å². The molecule has 0 radical (unpaired) electrons. The van der Waals surface area contributed by atoms with Crippen molar-refractivity contribution in [1.82, 2.24) is 14.7 Å². The minimum atomic E-state index is -0.446.